The van der Waals surface area contributed by atoms with E-state index in [2.05, 4.69) is 11.1 Å². The van der Waals surface area contributed by atoms with Gasteiger partial charge in [-0.25, -0.2) is 0 Å². The Morgan fingerprint density at radius 3 is 3.14 bits per heavy atom. The first-order chi connectivity index (χ1) is 10.2. The number of hydrogen-bond donors (Lipinski definition) is 2. The van der Waals surface area contributed by atoms with E-state index in [9.17, 15) is 4.79 Å². The third-order valence-electron chi connectivity index (χ3n) is 4.12. The van der Waals surface area contributed by atoms with Crippen LogP contribution in [0.5, 0.6) is 0 Å². The first kappa shape index (κ1) is 13.7. The molecule has 1 fully saturated rings. The van der Waals surface area contributed by atoms with E-state index >= 15 is 0 Å². The van der Waals surface area contributed by atoms with Crippen LogP contribution in [-0.4, -0.2) is 34.4 Å². The molecule has 5 nitrogen and oxygen atoms in total. The van der Waals surface area contributed by atoms with Gasteiger partial charge in [0, 0.05) is 23.6 Å². The van der Waals surface area contributed by atoms with Crippen molar-refractivity contribution < 1.29 is 4.79 Å². The van der Waals surface area contributed by atoms with Crippen molar-refractivity contribution in [3.63, 3.8) is 0 Å². The summed E-state index contributed by atoms with van der Waals surface area (Å²) in [6.45, 7) is 0.638. The van der Waals surface area contributed by atoms with E-state index in [1.807, 2.05) is 30.5 Å². The number of benzene rings is 1. The summed E-state index contributed by atoms with van der Waals surface area (Å²) < 4.78 is 0. The smallest absolute Gasteiger partial charge is 0.240 e. The monoisotopic (exact) mass is 282 g/mol. The zero-order valence-electron chi connectivity index (χ0n) is 11.7. The van der Waals surface area contributed by atoms with E-state index in [-0.39, 0.29) is 11.9 Å². The van der Waals surface area contributed by atoms with E-state index in [1.165, 1.54) is 0 Å². The number of nitrogens with one attached hydrogen (secondary N) is 1. The predicted molar refractivity (Wildman–Crippen MR) is 80.3 cm³/mol. The maximum absolute atomic E-state index is 12.4. The summed E-state index contributed by atoms with van der Waals surface area (Å²) in [6.07, 6.45) is 4.02. The van der Waals surface area contributed by atoms with Crippen LogP contribution in [0.1, 0.15) is 18.4 Å². The SMILES string of the molecule is N#C[C@@H]1CCCN1C(=O)[C@@H](N)Cc1c[nH]c2ccccc12. The van der Waals surface area contributed by atoms with Gasteiger partial charge in [-0.15, -0.1) is 0 Å². The molecule has 0 aliphatic carbocycles. The summed E-state index contributed by atoms with van der Waals surface area (Å²) in [5.74, 6) is -0.121. The van der Waals surface area contributed by atoms with Crippen molar-refractivity contribution in [3.8, 4) is 6.07 Å². The molecular formula is C16H18N4O. The van der Waals surface area contributed by atoms with Crippen molar-refractivity contribution >= 4 is 16.8 Å². The lowest BCUT2D eigenvalue weighted by atomic mass is 10.0. The van der Waals surface area contributed by atoms with Crippen molar-refractivity contribution in [3.05, 3.63) is 36.0 Å². The molecule has 1 aromatic heterocycles. The van der Waals surface area contributed by atoms with Crippen LogP contribution in [0, 0.1) is 11.3 Å². The Bertz CT molecular complexity index is 700. The van der Waals surface area contributed by atoms with Gasteiger partial charge < -0.3 is 15.6 Å². The number of aromatic amines is 1. The van der Waals surface area contributed by atoms with E-state index in [0.717, 1.165) is 29.3 Å². The number of carbonyl (C=O) groups excluding carboxylic acids is 1. The average Bonchev–Trinajstić information content (AvgIpc) is 3.13. The van der Waals surface area contributed by atoms with Gasteiger partial charge in [-0.05, 0) is 30.9 Å². The second-order valence-corrected chi connectivity index (χ2v) is 5.49. The van der Waals surface area contributed by atoms with Crippen LogP contribution < -0.4 is 5.73 Å². The Labute approximate surface area is 123 Å². The van der Waals surface area contributed by atoms with Crippen molar-refractivity contribution in [2.45, 2.75) is 31.3 Å². The molecule has 2 heterocycles. The molecule has 2 atom stereocenters. The van der Waals surface area contributed by atoms with Crippen LogP contribution in [0.3, 0.4) is 0 Å². The number of amides is 1. The van der Waals surface area contributed by atoms with Crippen molar-refractivity contribution in [1.29, 1.82) is 5.26 Å². The average molecular weight is 282 g/mol. The quantitative estimate of drug-likeness (QED) is 0.895. The summed E-state index contributed by atoms with van der Waals surface area (Å²) in [4.78, 5) is 17.2. The summed E-state index contributed by atoms with van der Waals surface area (Å²) >= 11 is 0. The van der Waals surface area contributed by atoms with Crippen LogP contribution in [0.4, 0.5) is 0 Å². The lowest BCUT2D eigenvalue weighted by molar-refractivity contribution is -0.132. The lowest BCUT2D eigenvalue weighted by Gasteiger charge is -2.23. The van der Waals surface area contributed by atoms with Crippen molar-refractivity contribution in [2.75, 3.05) is 6.54 Å². The number of H-pyrrole nitrogens is 1. The van der Waals surface area contributed by atoms with Gasteiger partial charge in [-0.2, -0.15) is 5.26 Å². The van der Waals surface area contributed by atoms with Crippen LogP contribution in [0.2, 0.25) is 0 Å². The molecule has 1 saturated heterocycles. The molecule has 1 aliphatic heterocycles. The largest absolute Gasteiger partial charge is 0.361 e. The molecule has 3 rings (SSSR count). The van der Waals surface area contributed by atoms with E-state index in [4.69, 9.17) is 11.0 Å². The second-order valence-electron chi connectivity index (χ2n) is 5.49. The third-order valence-corrected chi connectivity index (χ3v) is 4.12. The molecule has 3 N–H and O–H groups in total. The minimum absolute atomic E-state index is 0.121. The third kappa shape index (κ3) is 2.50. The molecule has 0 bridgehead atoms. The zero-order chi connectivity index (χ0) is 14.8. The first-order valence-electron chi connectivity index (χ1n) is 7.21. The number of likely N-dealkylation sites (tertiary alicyclic amines) is 1. The standard InChI is InChI=1S/C16H18N4O/c17-9-12-4-3-7-20(12)16(21)14(18)8-11-10-19-15-6-2-1-5-13(11)15/h1-2,5-6,10,12,14,19H,3-4,7-8,18H2/t12-,14-/m0/s1. The molecule has 21 heavy (non-hydrogen) atoms. The van der Waals surface area contributed by atoms with Gasteiger partial charge >= 0.3 is 0 Å². The van der Waals surface area contributed by atoms with Gasteiger partial charge in [0.2, 0.25) is 5.91 Å². The maximum atomic E-state index is 12.4. The van der Waals surface area contributed by atoms with Crippen molar-refractivity contribution in [1.82, 2.24) is 9.88 Å². The minimum atomic E-state index is -0.599. The summed E-state index contributed by atoms with van der Waals surface area (Å²) in [5, 5.41) is 10.2. The topological polar surface area (TPSA) is 85.9 Å². The summed E-state index contributed by atoms with van der Waals surface area (Å²) in [7, 11) is 0. The van der Waals surface area contributed by atoms with Crippen LogP contribution in [0.15, 0.2) is 30.5 Å². The molecule has 1 amide bonds. The normalized spacial score (nSPS) is 19.6. The molecule has 1 aliphatic rings. The Kier molecular flexibility index (Phi) is 3.63. The number of carbonyl (C=O) groups is 1. The molecule has 0 spiro atoms. The number of aromatic nitrogens is 1. The van der Waals surface area contributed by atoms with Gasteiger partial charge in [0.25, 0.3) is 0 Å². The highest BCUT2D eigenvalue weighted by molar-refractivity contribution is 5.86. The van der Waals surface area contributed by atoms with E-state index < -0.39 is 6.04 Å². The predicted octanol–water partition coefficient (Wildman–Crippen LogP) is 1.55. The maximum Gasteiger partial charge on any atom is 0.240 e. The fourth-order valence-electron chi connectivity index (χ4n) is 3.00. The molecule has 108 valence electrons. The number of hydrogen-bond acceptors (Lipinski definition) is 3. The molecule has 5 heteroatoms. The van der Waals surface area contributed by atoms with Gasteiger partial charge in [-0.1, -0.05) is 18.2 Å². The number of fused-ring (bicyclic) bond motifs is 1. The van der Waals surface area contributed by atoms with Gasteiger partial charge in [-0.3, -0.25) is 4.79 Å². The minimum Gasteiger partial charge on any atom is -0.361 e. The van der Waals surface area contributed by atoms with E-state index in [1.54, 1.807) is 4.90 Å². The van der Waals surface area contributed by atoms with Gasteiger partial charge in [0.05, 0.1) is 12.1 Å². The van der Waals surface area contributed by atoms with Crippen LogP contribution >= 0.6 is 0 Å². The van der Waals surface area contributed by atoms with Crippen molar-refractivity contribution in [2.24, 2.45) is 5.73 Å². The number of nitriles is 1. The fourth-order valence-corrected chi connectivity index (χ4v) is 3.00. The van der Waals surface area contributed by atoms with Crippen LogP contribution in [-0.2, 0) is 11.2 Å². The van der Waals surface area contributed by atoms with Gasteiger partial charge in [0.15, 0.2) is 0 Å². The summed E-state index contributed by atoms with van der Waals surface area (Å²) in [6, 6.07) is 9.23. The Hall–Kier alpha value is -2.32. The highest BCUT2D eigenvalue weighted by atomic mass is 16.2. The molecule has 0 radical (unpaired) electrons. The number of nitrogens with two attached hydrogens (primary N) is 1. The Balaban J connectivity index is 1.75. The van der Waals surface area contributed by atoms with Gasteiger partial charge in [0.1, 0.15) is 6.04 Å². The number of nitrogens with zero attached hydrogens (tertiary/aromatic N) is 2. The Morgan fingerprint density at radius 2 is 2.33 bits per heavy atom. The zero-order valence-corrected chi connectivity index (χ0v) is 11.7. The first-order valence-corrected chi connectivity index (χ1v) is 7.21. The molecule has 1 aromatic carbocycles. The summed E-state index contributed by atoms with van der Waals surface area (Å²) in [5.41, 5.74) is 8.17. The molecule has 2 aromatic rings. The second kappa shape index (κ2) is 5.58. The Morgan fingerprint density at radius 1 is 1.52 bits per heavy atom. The molecule has 0 unspecified atom stereocenters. The highest BCUT2D eigenvalue weighted by Gasteiger charge is 2.31. The van der Waals surface area contributed by atoms with Crippen LogP contribution in [0.25, 0.3) is 10.9 Å². The highest BCUT2D eigenvalue weighted by Crippen LogP contribution is 2.21. The number of rotatable bonds is 3. The van der Waals surface area contributed by atoms with E-state index in [0.29, 0.717) is 13.0 Å². The number of para-hydroxylation sites is 1. The lowest BCUT2D eigenvalue weighted by Crippen LogP contribution is -2.46. The fraction of sp³-hybridized carbons (Fsp3) is 0.375. The molecular weight excluding hydrogens is 264 g/mol. The molecule has 0 saturated carbocycles.